The molecule has 110 valence electrons. The Bertz CT molecular complexity index is 656. The van der Waals surface area contributed by atoms with E-state index in [1.807, 2.05) is 43.3 Å². The average Bonchev–Trinajstić information content (AvgIpc) is 2.41. The largest absolute Gasteiger partial charge is 0.376 e. The Morgan fingerprint density at radius 1 is 1.14 bits per heavy atom. The van der Waals surface area contributed by atoms with Crippen molar-refractivity contribution < 1.29 is 4.79 Å². The number of carbonyl (C=O) groups is 1. The van der Waals surface area contributed by atoms with E-state index in [2.05, 4.69) is 5.32 Å². The fourth-order valence-electron chi connectivity index (χ4n) is 2.01. The normalized spacial score (nSPS) is 10.3. The summed E-state index contributed by atoms with van der Waals surface area (Å²) in [5.74, 6) is -0.131. The molecule has 21 heavy (non-hydrogen) atoms. The van der Waals surface area contributed by atoms with Crippen LogP contribution in [0.2, 0.25) is 10.0 Å². The van der Waals surface area contributed by atoms with Crippen molar-refractivity contribution in [1.29, 1.82) is 0 Å². The summed E-state index contributed by atoms with van der Waals surface area (Å²) in [5.41, 5.74) is 2.38. The number of carbonyl (C=O) groups excluding carboxylic acids is 1. The smallest absolute Gasteiger partial charge is 0.228 e. The minimum Gasteiger partial charge on any atom is -0.376 e. The van der Waals surface area contributed by atoms with Gasteiger partial charge in [0.15, 0.2) is 0 Å². The summed E-state index contributed by atoms with van der Waals surface area (Å²) in [5, 5.41) is 4.05. The first-order valence-corrected chi connectivity index (χ1v) is 7.23. The Labute approximate surface area is 134 Å². The zero-order valence-corrected chi connectivity index (χ0v) is 13.4. The topological polar surface area (TPSA) is 32.3 Å². The average molecular weight is 323 g/mol. The van der Waals surface area contributed by atoms with Crippen LogP contribution >= 0.6 is 23.2 Å². The molecule has 2 rings (SSSR count). The first-order valence-electron chi connectivity index (χ1n) is 6.47. The molecule has 0 atom stereocenters. The van der Waals surface area contributed by atoms with E-state index >= 15 is 0 Å². The van der Waals surface area contributed by atoms with E-state index in [0.717, 1.165) is 11.3 Å². The molecule has 5 heteroatoms. The van der Waals surface area contributed by atoms with Crippen molar-refractivity contribution in [2.75, 3.05) is 24.3 Å². The standard InChI is InChI=1S/C16H16Cl2N2O/c1-20(2)15-8-7-12(17)10-14(15)19-16(21)9-11-5-3-4-6-13(11)18/h3-8,10H,9H2,1-2H3,(H,19,21). The van der Waals surface area contributed by atoms with E-state index in [4.69, 9.17) is 23.2 Å². The van der Waals surface area contributed by atoms with Crippen LogP contribution in [-0.4, -0.2) is 20.0 Å². The van der Waals surface area contributed by atoms with Crippen LogP contribution in [0.15, 0.2) is 42.5 Å². The zero-order chi connectivity index (χ0) is 15.4. The molecule has 1 N–H and O–H groups in total. The van der Waals surface area contributed by atoms with Crippen molar-refractivity contribution in [3.63, 3.8) is 0 Å². The second-order valence-corrected chi connectivity index (χ2v) is 5.72. The van der Waals surface area contributed by atoms with Gasteiger partial charge in [-0.1, -0.05) is 41.4 Å². The van der Waals surface area contributed by atoms with Crippen LogP contribution in [0.25, 0.3) is 0 Å². The van der Waals surface area contributed by atoms with Gasteiger partial charge in [0, 0.05) is 24.1 Å². The van der Waals surface area contributed by atoms with Gasteiger partial charge >= 0.3 is 0 Å². The Morgan fingerprint density at radius 2 is 1.86 bits per heavy atom. The molecule has 0 saturated heterocycles. The van der Waals surface area contributed by atoms with E-state index < -0.39 is 0 Å². The third-order valence-corrected chi connectivity index (χ3v) is 3.63. The van der Waals surface area contributed by atoms with Gasteiger partial charge in [0.2, 0.25) is 5.91 Å². The molecule has 2 aromatic carbocycles. The van der Waals surface area contributed by atoms with Crippen LogP contribution in [0.1, 0.15) is 5.56 Å². The number of benzene rings is 2. The van der Waals surface area contributed by atoms with E-state index in [1.165, 1.54) is 0 Å². The molecule has 3 nitrogen and oxygen atoms in total. The molecule has 0 heterocycles. The first-order chi connectivity index (χ1) is 9.97. The summed E-state index contributed by atoms with van der Waals surface area (Å²) in [6.45, 7) is 0. The molecule has 0 bridgehead atoms. The van der Waals surface area contributed by atoms with Crippen molar-refractivity contribution in [1.82, 2.24) is 0 Å². The molecule has 0 saturated carbocycles. The van der Waals surface area contributed by atoms with E-state index in [9.17, 15) is 4.79 Å². The number of nitrogens with zero attached hydrogens (tertiary/aromatic N) is 1. The monoisotopic (exact) mass is 322 g/mol. The minimum atomic E-state index is -0.131. The quantitative estimate of drug-likeness (QED) is 0.913. The lowest BCUT2D eigenvalue weighted by molar-refractivity contribution is -0.115. The zero-order valence-electron chi connectivity index (χ0n) is 11.9. The Morgan fingerprint density at radius 3 is 2.52 bits per heavy atom. The number of nitrogens with one attached hydrogen (secondary N) is 1. The van der Waals surface area contributed by atoms with Crippen molar-refractivity contribution in [2.45, 2.75) is 6.42 Å². The SMILES string of the molecule is CN(C)c1ccc(Cl)cc1NC(=O)Cc1ccccc1Cl. The fourth-order valence-corrected chi connectivity index (χ4v) is 2.38. The van der Waals surface area contributed by atoms with Crippen molar-refractivity contribution in [2.24, 2.45) is 0 Å². The lowest BCUT2D eigenvalue weighted by atomic mass is 10.1. The molecule has 0 radical (unpaired) electrons. The summed E-state index contributed by atoms with van der Waals surface area (Å²) >= 11 is 12.1. The highest BCUT2D eigenvalue weighted by Crippen LogP contribution is 2.28. The number of hydrogen-bond donors (Lipinski definition) is 1. The molecule has 0 unspecified atom stereocenters. The van der Waals surface area contributed by atoms with Crippen LogP contribution in [0.4, 0.5) is 11.4 Å². The molecular weight excluding hydrogens is 307 g/mol. The van der Waals surface area contributed by atoms with E-state index in [-0.39, 0.29) is 12.3 Å². The summed E-state index contributed by atoms with van der Waals surface area (Å²) < 4.78 is 0. The van der Waals surface area contributed by atoms with Gasteiger partial charge in [-0.2, -0.15) is 0 Å². The summed E-state index contributed by atoms with van der Waals surface area (Å²) in [7, 11) is 3.82. The predicted molar refractivity (Wildman–Crippen MR) is 89.6 cm³/mol. The number of hydrogen-bond acceptors (Lipinski definition) is 2. The van der Waals surface area contributed by atoms with Gasteiger partial charge in [-0.15, -0.1) is 0 Å². The Kier molecular flexibility index (Phi) is 5.10. The number of anilines is 2. The van der Waals surface area contributed by atoms with Gasteiger partial charge in [0.25, 0.3) is 0 Å². The molecule has 0 aliphatic rings. The molecule has 0 fully saturated rings. The Hall–Kier alpha value is -1.71. The van der Waals surface area contributed by atoms with Crippen LogP contribution in [0.3, 0.4) is 0 Å². The number of halogens is 2. The van der Waals surface area contributed by atoms with Crippen LogP contribution in [0, 0.1) is 0 Å². The van der Waals surface area contributed by atoms with Gasteiger partial charge in [-0.3, -0.25) is 4.79 Å². The highest BCUT2D eigenvalue weighted by molar-refractivity contribution is 6.31. The van der Waals surface area contributed by atoms with Crippen LogP contribution < -0.4 is 10.2 Å². The maximum atomic E-state index is 12.2. The second kappa shape index (κ2) is 6.83. The van der Waals surface area contributed by atoms with Gasteiger partial charge in [-0.25, -0.2) is 0 Å². The summed E-state index contributed by atoms with van der Waals surface area (Å²) in [4.78, 5) is 14.1. The van der Waals surface area contributed by atoms with Gasteiger partial charge < -0.3 is 10.2 Å². The third-order valence-electron chi connectivity index (χ3n) is 3.02. The minimum absolute atomic E-state index is 0.131. The molecule has 0 spiro atoms. The molecule has 2 aromatic rings. The number of amides is 1. The third kappa shape index (κ3) is 4.13. The van der Waals surface area contributed by atoms with Crippen molar-refractivity contribution in [3.8, 4) is 0 Å². The van der Waals surface area contributed by atoms with Gasteiger partial charge in [0.05, 0.1) is 17.8 Å². The van der Waals surface area contributed by atoms with Crippen LogP contribution in [0.5, 0.6) is 0 Å². The Balaban J connectivity index is 2.16. The second-order valence-electron chi connectivity index (χ2n) is 4.87. The highest BCUT2D eigenvalue weighted by Gasteiger charge is 2.11. The van der Waals surface area contributed by atoms with Crippen molar-refractivity contribution >= 4 is 40.5 Å². The van der Waals surface area contributed by atoms with Gasteiger partial charge in [0.1, 0.15) is 0 Å². The first kappa shape index (κ1) is 15.7. The summed E-state index contributed by atoms with van der Waals surface area (Å²) in [6, 6.07) is 12.7. The lowest BCUT2D eigenvalue weighted by Gasteiger charge is -2.18. The molecule has 0 aliphatic carbocycles. The maximum absolute atomic E-state index is 12.2. The van der Waals surface area contributed by atoms with Crippen molar-refractivity contribution in [3.05, 3.63) is 58.1 Å². The molecule has 1 amide bonds. The molecule has 0 aliphatic heterocycles. The van der Waals surface area contributed by atoms with Gasteiger partial charge in [-0.05, 0) is 29.8 Å². The maximum Gasteiger partial charge on any atom is 0.228 e. The molecular formula is C16H16Cl2N2O. The van der Waals surface area contributed by atoms with E-state index in [1.54, 1.807) is 18.2 Å². The molecule has 0 aromatic heterocycles. The van der Waals surface area contributed by atoms with E-state index in [0.29, 0.717) is 15.7 Å². The lowest BCUT2D eigenvalue weighted by Crippen LogP contribution is -2.18. The predicted octanol–water partition coefficient (Wildman–Crippen LogP) is 4.24. The van der Waals surface area contributed by atoms with Crippen LogP contribution in [-0.2, 0) is 11.2 Å². The fraction of sp³-hybridized carbons (Fsp3) is 0.188. The highest BCUT2D eigenvalue weighted by atomic mass is 35.5. The summed E-state index contributed by atoms with van der Waals surface area (Å²) in [6.07, 6.45) is 0.221. The number of rotatable bonds is 4.